The van der Waals surface area contributed by atoms with Crippen LogP contribution < -0.4 is 10.6 Å². The monoisotopic (exact) mass is 344 g/mol. The number of carbonyl (C=O) groups is 1. The Labute approximate surface area is 149 Å². The van der Waals surface area contributed by atoms with Crippen LogP contribution in [0.15, 0.2) is 54.6 Å². The quantitative estimate of drug-likeness (QED) is 0.760. The van der Waals surface area contributed by atoms with E-state index in [0.717, 1.165) is 17.0 Å². The summed E-state index contributed by atoms with van der Waals surface area (Å²) in [5, 5.41) is 7.04. The average Bonchev–Trinajstić information content (AvgIpc) is 2.56. The van der Waals surface area contributed by atoms with Crippen molar-refractivity contribution in [1.82, 2.24) is 10.6 Å². The van der Waals surface area contributed by atoms with Gasteiger partial charge in [-0.2, -0.15) is 0 Å². The van der Waals surface area contributed by atoms with E-state index < -0.39 is 0 Å². The summed E-state index contributed by atoms with van der Waals surface area (Å²) in [6.45, 7) is 5.23. The molecule has 0 bridgehead atoms. The van der Waals surface area contributed by atoms with Gasteiger partial charge in [0.15, 0.2) is 0 Å². The summed E-state index contributed by atoms with van der Waals surface area (Å²) >= 11 is 5.96. The molecule has 0 aliphatic heterocycles. The van der Waals surface area contributed by atoms with Gasteiger partial charge in [-0.15, -0.1) is 0 Å². The summed E-state index contributed by atoms with van der Waals surface area (Å²) in [5.41, 5.74) is 2.33. The smallest absolute Gasteiger partial charge is 0.233 e. The van der Waals surface area contributed by atoms with E-state index in [4.69, 9.17) is 11.6 Å². The largest absolute Gasteiger partial charge is 0.355 e. The fraction of sp³-hybridized carbons (Fsp3) is 0.350. The van der Waals surface area contributed by atoms with Crippen LogP contribution in [-0.2, 0) is 11.2 Å². The van der Waals surface area contributed by atoms with Crippen molar-refractivity contribution in [1.29, 1.82) is 0 Å². The van der Waals surface area contributed by atoms with Crippen molar-refractivity contribution in [2.75, 3.05) is 13.1 Å². The fourth-order valence-corrected chi connectivity index (χ4v) is 2.92. The van der Waals surface area contributed by atoms with Crippen LogP contribution in [-0.4, -0.2) is 19.0 Å². The average molecular weight is 345 g/mol. The van der Waals surface area contributed by atoms with Crippen molar-refractivity contribution in [3.8, 4) is 0 Å². The first kappa shape index (κ1) is 18.5. The van der Waals surface area contributed by atoms with E-state index >= 15 is 0 Å². The van der Waals surface area contributed by atoms with Crippen LogP contribution in [0, 0.1) is 5.92 Å². The number of benzene rings is 2. The van der Waals surface area contributed by atoms with Crippen LogP contribution in [0.4, 0.5) is 0 Å². The molecule has 0 aromatic heterocycles. The number of halogens is 1. The van der Waals surface area contributed by atoms with Gasteiger partial charge in [-0.05, 0) is 35.6 Å². The second-order valence-electron chi connectivity index (χ2n) is 6.24. The molecular weight excluding hydrogens is 320 g/mol. The van der Waals surface area contributed by atoms with E-state index in [1.54, 1.807) is 0 Å². The first-order valence-electron chi connectivity index (χ1n) is 8.35. The third-order valence-corrected chi connectivity index (χ3v) is 4.17. The molecule has 4 heteroatoms. The third kappa shape index (κ3) is 5.99. The van der Waals surface area contributed by atoms with Crippen LogP contribution in [0.25, 0.3) is 0 Å². The van der Waals surface area contributed by atoms with Gasteiger partial charge in [0.1, 0.15) is 0 Å². The predicted molar refractivity (Wildman–Crippen MR) is 100 cm³/mol. The molecular formula is C20H25ClN2O. The molecule has 2 aromatic rings. The number of hydrogen-bond acceptors (Lipinski definition) is 2. The van der Waals surface area contributed by atoms with Crippen molar-refractivity contribution in [2.45, 2.75) is 26.3 Å². The minimum atomic E-state index is 0.0126. The van der Waals surface area contributed by atoms with Crippen LogP contribution in [0.5, 0.6) is 0 Å². The molecule has 24 heavy (non-hydrogen) atoms. The molecule has 2 aromatic carbocycles. The summed E-state index contributed by atoms with van der Waals surface area (Å²) in [5.74, 6) is 0.422. The Morgan fingerprint density at radius 3 is 2.50 bits per heavy atom. The maximum atomic E-state index is 12.1. The van der Waals surface area contributed by atoms with Crippen molar-refractivity contribution in [3.63, 3.8) is 0 Å². The summed E-state index contributed by atoms with van der Waals surface area (Å²) in [6, 6.07) is 18.1. The molecule has 2 rings (SSSR count). The van der Waals surface area contributed by atoms with E-state index in [1.807, 2.05) is 42.5 Å². The Morgan fingerprint density at radius 2 is 1.83 bits per heavy atom. The second kappa shape index (κ2) is 9.45. The Kier molecular flexibility index (Phi) is 7.29. The Balaban J connectivity index is 1.77. The van der Waals surface area contributed by atoms with Crippen molar-refractivity contribution in [2.24, 2.45) is 5.92 Å². The highest BCUT2D eigenvalue weighted by atomic mass is 35.5. The van der Waals surface area contributed by atoms with E-state index in [9.17, 15) is 4.79 Å². The lowest BCUT2D eigenvalue weighted by Crippen LogP contribution is -2.38. The Hall–Kier alpha value is -1.84. The molecule has 2 N–H and O–H groups in total. The van der Waals surface area contributed by atoms with Crippen molar-refractivity contribution in [3.05, 3.63) is 70.7 Å². The normalized spacial score (nSPS) is 12.2. The highest BCUT2D eigenvalue weighted by molar-refractivity contribution is 6.30. The summed E-state index contributed by atoms with van der Waals surface area (Å²) in [6.07, 6.45) is 0.776. The Bertz CT molecular complexity index is 643. The molecule has 0 aliphatic rings. The molecule has 1 atom stereocenters. The molecule has 128 valence electrons. The molecule has 0 aliphatic carbocycles. The number of carbonyl (C=O) groups excluding carboxylic acids is 1. The first-order chi connectivity index (χ1) is 11.6. The lowest BCUT2D eigenvalue weighted by molar-refractivity contribution is -0.120. The summed E-state index contributed by atoms with van der Waals surface area (Å²) in [7, 11) is 0. The number of amides is 1. The number of rotatable bonds is 8. The van der Waals surface area contributed by atoms with Gasteiger partial charge in [0.05, 0.1) is 6.54 Å². The molecule has 0 radical (unpaired) electrons. The van der Waals surface area contributed by atoms with Crippen LogP contribution >= 0.6 is 11.6 Å². The van der Waals surface area contributed by atoms with Gasteiger partial charge < -0.3 is 10.6 Å². The summed E-state index contributed by atoms with van der Waals surface area (Å²) in [4.78, 5) is 12.1. The minimum Gasteiger partial charge on any atom is -0.355 e. The molecule has 0 heterocycles. The van der Waals surface area contributed by atoms with Crippen molar-refractivity contribution < 1.29 is 4.79 Å². The fourth-order valence-electron chi connectivity index (χ4n) is 2.70. The first-order valence-corrected chi connectivity index (χ1v) is 8.73. The van der Waals surface area contributed by atoms with E-state index in [1.165, 1.54) is 5.56 Å². The highest BCUT2D eigenvalue weighted by Crippen LogP contribution is 2.20. The summed E-state index contributed by atoms with van der Waals surface area (Å²) < 4.78 is 0. The molecule has 0 unspecified atom stereocenters. The van der Waals surface area contributed by atoms with Gasteiger partial charge >= 0.3 is 0 Å². The molecule has 3 nitrogen and oxygen atoms in total. The number of hydrogen-bond donors (Lipinski definition) is 2. The lowest BCUT2D eigenvalue weighted by Gasteiger charge is -2.22. The minimum absolute atomic E-state index is 0.0126. The third-order valence-electron chi connectivity index (χ3n) is 3.93. The maximum Gasteiger partial charge on any atom is 0.233 e. The predicted octanol–water partition coefficient (Wildman–Crippen LogP) is 3.99. The van der Waals surface area contributed by atoms with Crippen LogP contribution in [0.2, 0.25) is 5.02 Å². The van der Waals surface area contributed by atoms with Gasteiger partial charge in [0.2, 0.25) is 5.91 Å². The molecule has 0 saturated heterocycles. The zero-order valence-electron chi connectivity index (χ0n) is 14.3. The zero-order valence-corrected chi connectivity index (χ0v) is 15.0. The molecule has 0 fully saturated rings. The van der Waals surface area contributed by atoms with Gasteiger partial charge in [-0.25, -0.2) is 0 Å². The highest BCUT2D eigenvalue weighted by Gasteiger charge is 2.15. The molecule has 1 amide bonds. The van der Waals surface area contributed by atoms with E-state index in [-0.39, 0.29) is 11.9 Å². The molecule has 0 spiro atoms. The van der Waals surface area contributed by atoms with Gasteiger partial charge in [0, 0.05) is 17.6 Å². The van der Waals surface area contributed by atoms with Crippen LogP contribution in [0.3, 0.4) is 0 Å². The topological polar surface area (TPSA) is 41.1 Å². The van der Waals surface area contributed by atoms with Gasteiger partial charge in [0.25, 0.3) is 0 Å². The van der Waals surface area contributed by atoms with E-state index in [2.05, 4.69) is 36.6 Å². The number of nitrogens with one attached hydrogen (secondary N) is 2. The lowest BCUT2D eigenvalue weighted by atomic mass is 9.96. The van der Waals surface area contributed by atoms with Gasteiger partial charge in [-0.1, -0.05) is 67.9 Å². The second-order valence-corrected chi connectivity index (χ2v) is 6.68. The van der Waals surface area contributed by atoms with Crippen LogP contribution in [0.1, 0.15) is 31.0 Å². The maximum absolute atomic E-state index is 12.1. The standard InChI is InChI=1S/C20H25ClN2O/c1-15(2)20(17-8-4-3-5-9-17)23-14-19(24)22-12-11-16-7-6-10-18(21)13-16/h3-10,13,15,20,23H,11-12,14H2,1-2H3,(H,22,24)/t20-/m0/s1. The zero-order chi connectivity index (χ0) is 17.4. The SMILES string of the molecule is CC(C)[C@H](NCC(=O)NCCc1cccc(Cl)c1)c1ccccc1. The van der Waals surface area contributed by atoms with Crippen molar-refractivity contribution >= 4 is 17.5 Å². The van der Waals surface area contributed by atoms with Gasteiger partial charge in [-0.3, -0.25) is 4.79 Å². The van der Waals surface area contributed by atoms with E-state index in [0.29, 0.717) is 19.0 Å². The Morgan fingerprint density at radius 1 is 1.08 bits per heavy atom. The molecule has 0 saturated carbocycles.